The minimum atomic E-state index is -0.909. The van der Waals surface area contributed by atoms with E-state index in [1.165, 1.54) is 11.3 Å². The smallest absolute Gasteiger partial charge is 0.325 e. The number of nitrogen functional groups attached to an aromatic ring is 1. The summed E-state index contributed by atoms with van der Waals surface area (Å²) in [5.41, 5.74) is 8.26. The lowest BCUT2D eigenvalue weighted by molar-refractivity contribution is -0.156. The van der Waals surface area contributed by atoms with Gasteiger partial charge in [0.2, 0.25) is 5.91 Å². The topological polar surface area (TPSA) is 122 Å². The van der Waals surface area contributed by atoms with Crippen LogP contribution in [0, 0.1) is 18.8 Å². The molecule has 0 spiro atoms. The van der Waals surface area contributed by atoms with E-state index in [1.807, 2.05) is 6.92 Å². The Morgan fingerprint density at radius 1 is 1.22 bits per heavy atom. The number of nitrogens with two attached hydrogens (primary N) is 1. The SMILES string of the molecule is CCC(NC(=O)N1C(=O)[C@H](Cc2cc(N)ncc2C)[C@H]1C(=O)N(C)c1ccncc1)C1CCCCC1. The van der Waals surface area contributed by atoms with Gasteiger partial charge in [0, 0.05) is 37.4 Å². The monoisotopic (exact) mass is 492 g/mol. The van der Waals surface area contributed by atoms with Crippen molar-refractivity contribution in [1.82, 2.24) is 20.2 Å². The van der Waals surface area contributed by atoms with Crippen LogP contribution in [0.2, 0.25) is 0 Å². The number of urea groups is 1. The molecule has 192 valence electrons. The number of likely N-dealkylation sites (N-methyl/N-ethyl adjacent to an activating group) is 1. The molecule has 9 heteroatoms. The van der Waals surface area contributed by atoms with E-state index in [9.17, 15) is 14.4 Å². The summed E-state index contributed by atoms with van der Waals surface area (Å²) in [4.78, 5) is 51.2. The van der Waals surface area contributed by atoms with Crippen LogP contribution >= 0.6 is 0 Å². The van der Waals surface area contributed by atoms with Crippen LogP contribution in [0.1, 0.15) is 56.6 Å². The highest BCUT2D eigenvalue weighted by atomic mass is 16.2. The predicted octanol–water partition coefficient (Wildman–Crippen LogP) is 3.47. The van der Waals surface area contributed by atoms with Crippen molar-refractivity contribution in [2.45, 2.75) is 70.9 Å². The lowest BCUT2D eigenvalue weighted by Gasteiger charge is -2.46. The molecule has 1 aliphatic carbocycles. The Hall–Kier alpha value is -3.49. The Morgan fingerprint density at radius 2 is 1.92 bits per heavy atom. The van der Waals surface area contributed by atoms with Crippen molar-refractivity contribution in [2.24, 2.45) is 11.8 Å². The summed E-state index contributed by atoms with van der Waals surface area (Å²) in [5.74, 6) is -0.570. The van der Waals surface area contributed by atoms with Crippen LogP contribution in [-0.2, 0) is 16.0 Å². The molecule has 1 unspecified atom stereocenters. The number of rotatable bonds is 7. The highest BCUT2D eigenvalue weighted by Gasteiger charge is 2.55. The summed E-state index contributed by atoms with van der Waals surface area (Å²) in [6.07, 6.45) is 11.7. The minimum absolute atomic E-state index is 0.0134. The maximum absolute atomic E-state index is 13.7. The number of β-lactam (4-membered cyclic amide) rings is 1. The summed E-state index contributed by atoms with van der Waals surface area (Å²) < 4.78 is 0. The molecule has 2 aromatic heterocycles. The summed E-state index contributed by atoms with van der Waals surface area (Å²) in [5, 5.41) is 3.09. The molecule has 2 aliphatic rings. The number of carbonyl (C=O) groups is 3. The number of aryl methyl sites for hydroxylation is 1. The van der Waals surface area contributed by atoms with Crippen LogP contribution in [0.3, 0.4) is 0 Å². The summed E-state index contributed by atoms with van der Waals surface area (Å²) in [7, 11) is 1.65. The number of hydrogen-bond acceptors (Lipinski definition) is 6. The van der Waals surface area contributed by atoms with Gasteiger partial charge in [-0.1, -0.05) is 26.2 Å². The highest BCUT2D eigenvalue weighted by molar-refractivity contribution is 6.12. The van der Waals surface area contributed by atoms with E-state index in [1.54, 1.807) is 43.8 Å². The molecule has 3 atom stereocenters. The number of aromatic nitrogens is 2. The number of nitrogens with zero attached hydrogens (tertiary/aromatic N) is 4. The molecule has 3 N–H and O–H groups in total. The minimum Gasteiger partial charge on any atom is -0.384 e. The summed E-state index contributed by atoms with van der Waals surface area (Å²) >= 11 is 0. The second kappa shape index (κ2) is 11.1. The molecule has 0 radical (unpaired) electrons. The van der Waals surface area contributed by atoms with Crippen molar-refractivity contribution in [3.8, 4) is 0 Å². The molecule has 9 nitrogen and oxygen atoms in total. The molecule has 2 fully saturated rings. The van der Waals surface area contributed by atoms with E-state index in [4.69, 9.17) is 5.73 Å². The van der Waals surface area contributed by atoms with Gasteiger partial charge < -0.3 is 16.0 Å². The van der Waals surface area contributed by atoms with Gasteiger partial charge in [0.05, 0.1) is 5.92 Å². The fourth-order valence-electron chi connectivity index (χ4n) is 5.51. The van der Waals surface area contributed by atoms with E-state index < -0.39 is 18.0 Å². The van der Waals surface area contributed by atoms with E-state index in [2.05, 4.69) is 22.2 Å². The standard InChI is InChI=1S/C27H36N6O3/c1-4-22(18-8-6-5-7-9-18)31-27(36)33-24(26(35)32(3)20-10-12-29-13-11-20)21(25(33)34)14-19-15-23(28)30-16-17(19)2/h10-13,15-16,18,21-22,24H,4-9,14H2,1-3H3,(H2,28,30)(H,31,36)/t21-,22?,24+/m1/s1. The largest absolute Gasteiger partial charge is 0.384 e. The van der Waals surface area contributed by atoms with E-state index in [0.29, 0.717) is 23.8 Å². The second-order valence-electron chi connectivity index (χ2n) is 9.96. The van der Waals surface area contributed by atoms with Crippen molar-refractivity contribution in [3.05, 3.63) is 47.9 Å². The normalized spacial score (nSPS) is 21.0. The van der Waals surface area contributed by atoms with Crippen molar-refractivity contribution >= 4 is 29.4 Å². The van der Waals surface area contributed by atoms with Crippen LogP contribution in [-0.4, -0.2) is 51.8 Å². The number of imide groups is 1. The Bertz CT molecular complexity index is 1100. The first-order chi connectivity index (χ1) is 17.3. The first kappa shape index (κ1) is 25.6. The average molecular weight is 493 g/mol. The Morgan fingerprint density at radius 3 is 2.58 bits per heavy atom. The lowest BCUT2D eigenvalue weighted by atomic mass is 9.80. The molecule has 1 saturated carbocycles. The molecule has 1 aliphatic heterocycles. The van der Waals surface area contributed by atoms with Crippen LogP contribution in [0.5, 0.6) is 0 Å². The Balaban J connectivity index is 1.58. The number of anilines is 2. The fourth-order valence-corrected chi connectivity index (χ4v) is 5.51. The van der Waals surface area contributed by atoms with Gasteiger partial charge in [0.25, 0.3) is 5.91 Å². The highest BCUT2D eigenvalue weighted by Crippen LogP contribution is 2.34. The van der Waals surface area contributed by atoms with Crippen LogP contribution in [0.15, 0.2) is 36.8 Å². The first-order valence-corrected chi connectivity index (χ1v) is 12.8. The fraction of sp³-hybridized carbons (Fsp3) is 0.519. The Kier molecular flexibility index (Phi) is 7.86. The van der Waals surface area contributed by atoms with E-state index >= 15 is 0 Å². The molecule has 4 rings (SSSR count). The number of hydrogen-bond donors (Lipinski definition) is 2. The predicted molar refractivity (Wildman–Crippen MR) is 138 cm³/mol. The molecule has 3 heterocycles. The Labute approximate surface area is 212 Å². The zero-order valence-electron chi connectivity index (χ0n) is 21.3. The molecule has 0 bridgehead atoms. The second-order valence-corrected chi connectivity index (χ2v) is 9.96. The van der Waals surface area contributed by atoms with E-state index in [-0.39, 0.29) is 17.9 Å². The van der Waals surface area contributed by atoms with E-state index in [0.717, 1.165) is 48.1 Å². The number of likely N-dealkylation sites (tertiary alicyclic amines) is 1. The third kappa shape index (κ3) is 5.20. The summed E-state index contributed by atoms with van der Waals surface area (Å²) in [6.45, 7) is 3.95. The van der Waals surface area contributed by atoms with Gasteiger partial charge in [0.15, 0.2) is 0 Å². The zero-order chi connectivity index (χ0) is 25.8. The van der Waals surface area contributed by atoms with Gasteiger partial charge >= 0.3 is 6.03 Å². The van der Waals surface area contributed by atoms with Gasteiger partial charge in [-0.25, -0.2) is 9.78 Å². The molecular weight excluding hydrogens is 456 g/mol. The third-order valence-corrected chi connectivity index (χ3v) is 7.71. The van der Waals surface area contributed by atoms with Gasteiger partial charge in [-0.05, 0) is 67.9 Å². The molecule has 4 amide bonds. The molecule has 36 heavy (non-hydrogen) atoms. The maximum Gasteiger partial charge on any atom is 0.325 e. The van der Waals surface area contributed by atoms with Crippen molar-refractivity contribution in [2.75, 3.05) is 17.7 Å². The van der Waals surface area contributed by atoms with Crippen LogP contribution in [0.4, 0.5) is 16.3 Å². The number of pyridine rings is 2. The zero-order valence-corrected chi connectivity index (χ0v) is 21.3. The van der Waals surface area contributed by atoms with Gasteiger partial charge in [-0.2, -0.15) is 0 Å². The van der Waals surface area contributed by atoms with Gasteiger partial charge in [-0.15, -0.1) is 0 Å². The van der Waals surface area contributed by atoms with Gasteiger partial charge in [0.1, 0.15) is 11.9 Å². The van der Waals surface area contributed by atoms with Crippen molar-refractivity contribution < 1.29 is 14.4 Å². The summed E-state index contributed by atoms with van der Waals surface area (Å²) in [6, 6.07) is 3.77. The maximum atomic E-state index is 13.7. The number of amides is 4. The van der Waals surface area contributed by atoms with Crippen molar-refractivity contribution in [1.29, 1.82) is 0 Å². The number of nitrogens with one attached hydrogen (secondary N) is 1. The quantitative estimate of drug-likeness (QED) is 0.571. The first-order valence-electron chi connectivity index (χ1n) is 12.8. The average Bonchev–Trinajstić information content (AvgIpc) is 2.90. The van der Waals surface area contributed by atoms with Crippen molar-refractivity contribution in [3.63, 3.8) is 0 Å². The van der Waals surface area contributed by atoms with Crippen LogP contribution < -0.4 is 16.0 Å². The molecule has 1 saturated heterocycles. The molecule has 0 aromatic carbocycles. The van der Waals surface area contributed by atoms with Gasteiger partial charge in [-0.3, -0.25) is 19.5 Å². The lowest BCUT2D eigenvalue weighted by Crippen LogP contribution is -2.71. The number of carbonyl (C=O) groups excluding carboxylic acids is 3. The third-order valence-electron chi connectivity index (χ3n) is 7.71. The van der Waals surface area contributed by atoms with Crippen LogP contribution in [0.25, 0.3) is 0 Å². The molecule has 2 aromatic rings. The molecular formula is C27H36N6O3.